The van der Waals surface area contributed by atoms with E-state index in [1.54, 1.807) is 29.8 Å². The van der Waals surface area contributed by atoms with Gasteiger partial charge >= 0.3 is 0 Å². The third-order valence-corrected chi connectivity index (χ3v) is 6.64. The summed E-state index contributed by atoms with van der Waals surface area (Å²) in [6.45, 7) is 0. The van der Waals surface area contributed by atoms with E-state index in [2.05, 4.69) is 15.1 Å². The highest BCUT2D eigenvalue weighted by Gasteiger charge is 2.23. The summed E-state index contributed by atoms with van der Waals surface area (Å²) in [5.74, 6) is 0.204. The van der Waals surface area contributed by atoms with E-state index in [1.165, 1.54) is 17.4 Å². The molecule has 0 bridgehead atoms. The zero-order chi connectivity index (χ0) is 19.0. The Morgan fingerprint density at radius 3 is 2.67 bits per heavy atom. The number of halogens is 1. The minimum absolute atomic E-state index is 0.0973. The predicted molar refractivity (Wildman–Crippen MR) is 105 cm³/mol. The molecule has 2 aromatic carbocycles. The number of nitrogens with zero attached hydrogens (tertiary/aromatic N) is 4. The Labute approximate surface area is 164 Å². The van der Waals surface area contributed by atoms with Crippen LogP contribution in [0.3, 0.4) is 0 Å². The molecule has 2 aromatic heterocycles. The molecular formula is C17H14ClN5O2S2. The number of anilines is 1. The molecule has 10 heteroatoms. The fourth-order valence-corrected chi connectivity index (χ4v) is 4.75. The van der Waals surface area contributed by atoms with Crippen molar-refractivity contribution >= 4 is 49.1 Å². The molecule has 0 unspecified atom stereocenters. The van der Waals surface area contributed by atoms with E-state index in [-0.39, 0.29) is 10.8 Å². The lowest BCUT2D eigenvalue weighted by Gasteiger charge is -2.05. The van der Waals surface area contributed by atoms with Crippen LogP contribution in [-0.2, 0) is 22.9 Å². The van der Waals surface area contributed by atoms with Crippen molar-refractivity contribution in [3.05, 3.63) is 64.4 Å². The lowest BCUT2D eigenvalue weighted by Crippen LogP contribution is -2.17. The number of rotatable bonds is 5. The van der Waals surface area contributed by atoms with Gasteiger partial charge < -0.3 is 5.73 Å². The smallest absolute Gasteiger partial charge is 0.286 e. The zero-order valence-corrected chi connectivity index (χ0v) is 16.3. The lowest BCUT2D eigenvalue weighted by atomic mass is 10.1. The second-order valence-electron chi connectivity index (χ2n) is 5.84. The molecule has 0 saturated carbocycles. The molecule has 0 radical (unpaired) electrons. The maximum atomic E-state index is 12.9. The van der Waals surface area contributed by atoms with E-state index in [0.29, 0.717) is 23.7 Å². The van der Waals surface area contributed by atoms with Gasteiger partial charge in [-0.25, -0.2) is 4.98 Å². The Morgan fingerprint density at radius 2 is 1.89 bits per heavy atom. The molecule has 0 saturated heterocycles. The summed E-state index contributed by atoms with van der Waals surface area (Å²) in [6, 6.07) is 12.1. The topological polar surface area (TPSA) is 104 Å². The van der Waals surface area contributed by atoms with Crippen LogP contribution in [0.1, 0.15) is 11.4 Å². The molecule has 0 atom stereocenters. The molecule has 0 spiro atoms. The molecule has 2 N–H and O–H groups in total. The van der Waals surface area contributed by atoms with E-state index in [4.69, 9.17) is 17.3 Å². The number of aryl methyl sites for hydroxylation is 2. The molecule has 0 amide bonds. The number of nitrogens with two attached hydrogens (primary N) is 1. The molecule has 27 heavy (non-hydrogen) atoms. The number of fused-ring (bicyclic) bond motifs is 1. The summed E-state index contributed by atoms with van der Waals surface area (Å²) in [5, 5.41) is 4.77. The summed E-state index contributed by atoms with van der Waals surface area (Å²) in [6.07, 6.45) is 1.11. The van der Waals surface area contributed by atoms with Gasteiger partial charge in [-0.15, -0.1) is 20.5 Å². The lowest BCUT2D eigenvalue weighted by molar-refractivity contribution is 0.580. The highest BCUT2D eigenvalue weighted by atomic mass is 35.5. The Kier molecular flexibility index (Phi) is 4.58. The van der Waals surface area contributed by atoms with Crippen LogP contribution in [0.15, 0.2) is 52.9 Å². The predicted octanol–water partition coefficient (Wildman–Crippen LogP) is 3.15. The summed E-state index contributed by atoms with van der Waals surface area (Å²) in [7, 11) is -3.93. The number of thiazole rings is 1. The number of aromatic nitrogens is 4. The maximum Gasteiger partial charge on any atom is 0.286 e. The van der Waals surface area contributed by atoms with E-state index < -0.39 is 10.0 Å². The van der Waals surface area contributed by atoms with Crippen molar-refractivity contribution in [1.82, 2.24) is 19.2 Å². The Balaban J connectivity index is 1.60. The van der Waals surface area contributed by atoms with Gasteiger partial charge in [-0.3, -0.25) is 0 Å². The first-order valence-electron chi connectivity index (χ1n) is 7.98. The van der Waals surface area contributed by atoms with Crippen LogP contribution >= 0.6 is 22.9 Å². The number of benzene rings is 2. The summed E-state index contributed by atoms with van der Waals surface area (Å²) in [4.78, 5) is 8.35. The summed E-state index contributed by atoms with van der Waals surface area (Å²) in [5.41, 5.74) is 9.29. The average Bonchev–Trinajstić information content (AvgIpc) is 3.27. The van der Waals surface area contributed by atoms with Crippen LogP contribution in [0.4, 0.5) is 5.95 Å². The number of hydrogen-bond donors (Lipinski definition) is 1. The van der Waals surface area contributed by atoms with Gasteiger partial charge in [-0.2, -0.15) is 13.4 Å². The van der Waals surface area contributed by atoms with Crippen molar-refractivity contribution in [1.29, 1.82) is 0 Å². The van der Waals surface area contributed by atoms with Crippen LogP contribution in [0, 0.1) is 0 Å². The molecule has 4 aromatic rings. The minimum Gasteiger partial charge on any atom is -0.367 e. The summed E-state index contributed by atoms with van der Waals surface area (Å²) >= 11 is 7.24. The highest BCUT2D eigenvalue weighted by molar-refractivity contribution is 7.90. The molecule has 0 fully saturated rings. The second-order valence-corrected chi connectivity index (χ2v) is 8.93. The molecule has 0 aliphatic heterocycles. The van der Waals surface area contributed by atoms with Crippen LogP contribution in [0.5, 0.6) is 0 Å². The van der Waals surface area contributed by atoms with Crippen LogP contribution < -0.4 is 5.73 Å². The Hall–Kier alpha value is -2.49. The first kappa shape index (κ1) is 17.9. The molecule has 2 heterocycles. The standard InChI is InChI=1S/C17H14ClN5O2S2/c18-12-4-1-11(2-5-12)3-8-16-21-17(19)23(22-16)27(24,25)13-6-7-14-15(9-13)26-10-20-14/h1-2,4-7,9-10H,3,8H2,(H2,19,21,22). The number of nitrogen functional groups attached to an aromatic ring is 1. The fourth-order valence-electron chi connectivity index (χ4n) is 2.64. The summed E-state index contributed by atoms with van der Waals surface area (Å²) < 4.78 is 27.4. The fraction of sp³-hybridized carbons (Fsp3) is 0.118. The molecule has 4 rings (SSSR count). The molecule has 138 valence electrons. The average molecular weight is 420 g/mol. The van der Waals surface area contributed by atoms with Crippen LogP contribution in [0.25, 0.3) is 10.2 Å². The first-order valence-corrected chi connectivity index (χ1v) is 10.7. The highest BCUT2D eigenvalue weighted by Crippen LogP contribution is 2.24. The Morgan fingerprint density at radius 1 is 1.11 bits per heavy atom. The van der Waals surface area contributed by atoms with Crippen LogP contribution in [-0.4, -0.2) is 27.6 Å². The normalized spacial score (nSPS) is 11.9. The van der Waals surface area contributed by atoms with Gasteiger partial charge in [-0.05, 0) is 42.3 Å². The van der Waals surface area contributed by atoms with E-state index in [1.807, 2.05) is 12.1 Å². The van der Waals surface area contributed by atoms with Gasteiger partial charge in [0.15, 0.2) is 5.82 Å². The third-order valence-electron chi connectivity index (χ3n) is 4.02. The van der Waals surface area contributed by atoms with Gasteiger partial charge in [-0.1, -0.05) is 23.7 Å². The Bertz CT molecular complexity index is 1220. The van der Waals surface area contributed by atoms with E-state index in [9.17, 15) is 8.42 Å². The monoisotopic (exact) mass is 419 g/mol. The maximum absolute atomic E-state index is 12.9. The van der Waals surface area contributed by atoms with Crippen molar-refractivity contribution < 1.29 is 8.42 Å². The van der Waals surface area contributed by atoms with Crippen molar-refractivity contribution in [3.63, 3.8) is 0 Å². The molecule has 0 aliphatic rings. The van der Waals surface area contributed by atoms with Gasteiger partial charge in [0, 0.05) is 11.4 Å². The van der Waals surface area contributed by atoms with Gasteiger partial charge in [0.25, 0.3) is 10.0 Å². The van der Waals surface area contributed by atoms with E-state index in [0.717, 1.165) is 19.9 Å². The second kappa shape index (κ2) is 6.91. The van der Waals surface area contributed by atoms with Crippen molar-refractivity contribution in [2.24, 2.45) is 0 Å². The van der Waals surface area contributed by atoms with Crippen molar-refractivity contribution in [2.45, 2.75) is 17.7 Å². The minimum atomic E-state index is -3.93. The number of hydrogen-bond acceptors (Lipinski definition) is 7. The molecular weight excluding hydrogens is 406 g/mol. The van der Waals surface area contributed by atoms with Crippen LogP contribution in [0.2, 0.25) is 5.02 Å². The molecule has 7 nitrogen and oxygen atoms in total. The van der Waals surface area contributed by atoms with Gasteiger partial charge in [0.1, 0.15) is 0 Å². The van der Waals surface area contributed by atoms with E-state index >= 15 is 0 Å². The van der Waals surface area contributed by atoms with Crippen molar-refractivity contribution in [2.75, 3.05) is 5.73 Å². The zero-order valence-electron chi connectivity index (χ0n) is 13.9. The van der Waals surface area contributed by atoms with Gasteiger partial charge in [0.05, 0.1) is 20.6 Å². The van der Waals surface area contributed by atoms with Crippen molar-refractivity contribution in [3.8, 4) is 0 Å². The first-order chi connectivity index (χ1) is 12.9. The molecule has 0 aliphatic carbocycles. The van der Waals surface area contributed by atoms with Gasteiger partial charge in [0.2, 0.25) is 5.95 Å². The SMILES string of the molecule is Nc1nc(CCc2ccc(Cl)cc2)nn1S(=O)(=O)c1ccc2ncsc2c1. The third kappa shape index (κ3) is 3.53. The largest absolute Gasteiger partial charge is 0.367 e. The quantitative estimate of drug-likeness (QED) is 0.532.